The van der Waals surface area contributed by atoms with E-state index in [1.54, 1.807) is 25.6 Å². The Balaban J connectivity index is 0.000000454. The van der Waals surface area contributed by atoms with Gasteiger partial charge in [0.2, 0.25) is 0 Å². The van der Waals surface area contributed by atoms with Crippen LogP contribution in [-0.2, 0) is 23.8 Å². The van der Waals surface area contributed by atoms with Crippen LogP contribution in [0.5, 0.6) is 5.75 Å². The zero-order valence-corrected chi connectivity index (χ0v) is 18.6. The Morgan fingerprint density at radius 2 is 1.94 bits per heavy atom. The highest BCUT2D eigenvalue weighted by Crippen LogP contribution is 2.42. The number of amides is 1. The Bertz CT molecular complexity index is 831. The van der Waals surface area contributed by atoms with Gasteiger partial charge in [0.1, 0.15) is 5.75 Å². The molecule has 3 fully saturated rings. The smallest absolute Gasteiger partial charge is 0.414 e. The lowest BCUT2D eigenvalue weighted by Crippen LogP contribution is -2.38. The molecular formula is C22H30N2O9. The van der Waals surface area contributed by atoms with E-state index >= 15 is 0 Å². The molecule has 0 unspecified atom stereocenters. The first-order valence-electron chi connectivity index (χ1n) is 10.8. The van der Waals surface area contributed by atoms with Crippen molar-refractivity contribution in [1.82, 2.24) is 9.88 Å². The summed E-state index contributed by atoms with van der Waals surface area (Å²) in [7, 11) is 1.56. The summed E-state index contributed by atoms with van der Waals surface area (Å²) in [6.45, 7) is 5.79. The maximum absolute atomic E-state index is 13.0. The molecule has 0 radical (unpaired) electrons. The molecule has 33 heavy (non-hydrogen) atoms. The molecule has 3 aliphatic rings. The number of aromatic nitrogens is 1. The van der Waals surface area contributed by atoms with E-state index in [4.69, 9.17) is 38.7 Å². The lowest BCUT2D eigenvalue weighted by molar-refractivity contribution is -0.159. The van der Waals surface area contributed by atoms with Gasteiger partial charge in [-0.2, -0.15) is 0 Å². The topological polar surface area (TPSA) is 145 Å². The van der Waals surface area contributed by atoms with Crippen LogP contribution in [-0.4, -0.2) is 97.8 Å². The zero-order chi connectivity index (χ0) is 23.8. The molecule has 4 heterocycles. The summed E-state index contributed by atoms with van der Waals surface area (Å²) >= 11 is 0. The highest BCUT2D eigenvalue weighted by Gasteiger charge is 2.52. The second kappa shape index (κ2) is 11.4. The van der Waals surface area contributed by atoms with Crippen molar-refractivity contribution in [2.75, 3.05) is 59.8 Å². The van der Waals surface area contributed by atoms with Crippen molar-refractivity contribution in [3.05, 3.63) is 24.0 Å². The van der Waals surface area contributed by atoms with Crippen LogP contribution in [0.2, 0.25) is 0 Å². The summed E-state index contributed by atoms with van der Waals surface area (Å²) < 4.78 is 22.6. The van der Waals surface area contributed by atoms with Crippen molar-refractivity contribution >= 4 is 17.8 Å². The van der Waals surface area contributed by atoms with E-state index in [2.05, 4.69) is 4.98 Å². The molecule has 0 aliphatic carbocycles. The van der Waals surface area contributed by atoms with Crippen molar-refractivity contribution < 1.29 is 43.5 Å². The van der Waals surface area contributed by atoms with E-state index < -0.39 is 11.9 Å². The van der Waals surface area contributed by atoms with E-state index in [0.717, 1.165) is 32.7 Å². The van der Waals surface area contributed by atoms with Gasteiger partial charge >= 0.3 is 11.9 Å². The van der Waals surface area contributed by atoms with Crippen molar-refractivity contribution in [3.63, 3.8) is 0 Å². The van der Waals surface area contributed by atoms with Crippen LogP contribution in [0.25, 0.3) is 0 Å². The van der Waals surface area contributed by atoms with Crippen molar-refractivity contribution in [3.8, 4) is 5.75 Å². The third-order valence-electron chi connectivity index (χ3n) is 6.31. The number of aliphatic carboxylic acids is 2. The molecule has 11 heteroatoms. The molecule has 3 saturated heterocycles. The van der Waals surface area contributed by atoms with Gasteiger partial charge in [0, 0.05) is 50.4 Å². The molecule has 3 aliphatic heterocycles. The minimum atomic E-state index is -1.82. The van der Waals surface area contributed by atoms with Gasteiger partial charge in [-0.05, 0) is 24.8 Å². The molecule has 4 rings (SSSR count). The normalized spacial score (nSPS) is 24.5. The van der Waals surface area contributed by atoms with Crippen LogP contribution in [0.1, 0.15) is 23.2 Å². The maximum Gasteiger partial charge on any atom is 0.414 e. The van der Waals surface area contributed by atoms with Gasteiger partial charge < -0.3 is 34.1 Å². The standard InChI is InChI=1S/C20H28N2O5.C2H2O4/c1-24-18-8-21-5-2-17(18)19(23)22-9-16-11-27-14-20(16,12-22)13-26-10-15-3-6-25-7-4-15;3-1(4)2(5)6/h2,5,8,15-16H,3-4,6-7,9-14H2,1H3;(H,3,4)(H,5,6)/t16-,20-;/m1./s1. The first kappa shape index (κ1) is 24.9. The molecule has 2 N–H and O–H groups in total. The van der Waals surface area contributed by atoms with Crippen molar-refractivity contribution in [2.24, 2.45) is 17.3 Å². The molecule has 1 amide bonds. The highest BCUT2D eigenvalue weighted by molar-refractivity contribution is 6.27. The van der Waals surface area contributed by atoms with E-state index in [9.17, 15) is 4.79 Å². The highest BCUT2D eigenvalue weighted by atomic mass is 16.5. The summed E-state index contributed by atoms with van der Waals surface area (Å²) in [6, 6.07) is 1.72. The van der Waals surface area contributed by atoms with Crippen LogP contribution < -0.4 is 4.74 Å². The number of carbonyl (C=O) groups is 3. The van der Waals surface area contributed by atoms with Gasteiger partial charge in [-0.25, -0.2) is 9.59 Å². The van der Waals surface area contributed by atoms with Crippen LogP contribution in [0.15, 0.2) is 18.5 Å². The SMILES string of the molecule is COc1cnccc1C(=O)N1C[C@@H]2COC[C@]2(COCC2CCOCC2)C1.O=C(O)C(=O)O. The molecule has 0 spiro atoms. The van der Waals surface area contributed by atoms with Gasteiger partial charge in [-0.3, -0.25) is 9.78 Å². The number of rotatable bonds is 6. The Kier molecular flexibility index (Phi) is 8.59. The van der Waals surface area contributed by atoms with Crippen molar-refractivity contribution in [2.45, 2.75) is 12.8 Å². The molecule has 0 saturated carbocycles. The largest absolute Gasteiger partial charge is 0.494 e. The minimum absolute atomic E-state index is 0.00699. The predicted octanol–water partition coefficient (Wildman–Crippen LogP) is 0.778. The number of hydrogen-bond donors (Lipinski definition) is 2. The summed E-state index contributed by atoms with van der Waals surface area (Å²) in [4.78, 5) is 37.2. The molecule has 1 aromatic heterocycles. The predicted molar refractivity (Wildman–Crippen MR) is 113 cm³/mol. The van der Waals surface area contributed by atoms with E-state index in [1.165, 1.54) is 0 Å². The molecule has 2 atom stereocenters. The number of methoxy groups -OCH3 is 1. The second-order valence-electron chi connectivity index (χ2n) is 8.52. The van der Waals surface area contributed by atoms with E-state index in [0.29, 0.717) is 56.1 Å². The van der Waals surface area contributed by atoms with Crippen LogP contribution in [0.4, 0.5) is 0 Å². The summed E-state index contributed by atoms with van der Waals surface area (Å²) in [5.74, 6) is -2.24. The number of ether oxygens (including phenoxy) is 4. The molecule has 0 bridgehead atoms. The third kappa shape index (κ3) is 6.18. The van der Waals surface area contributed by atoms with Crippen LogP contribution in [0, 0.1) is 17.3 Å². The molecule has 11 nitrogen and oxygen atoms in total. The van der Waals surface area contributed by atoms with E-state index in [-0.39, 0.29) is 11.3 Å². The molecule has 182 valence electrons. The fourth-order valence-corrected chi connectivity index (χ4v) is 4.42. The number of carboxylic acid groups (broad SMARTS) is 2. The fourth-order valence-electron chi connectivity index (χ4n) is 4.42. The second-order valence-corrected chi connectivity index (χ2v) is 8.52. The molecular weight excluding hydrogens is 436 g/mol. The fraction of sp³-hybridized carbons (Fsp3) is 0.636. The Morgan fingerprint density at radius 1 is 1.21 bits per heavy atom. The molecule has 0 aromatic carbocycles. The number of nitrogens with zero attached hydrogens (tertiary/aromatic N) is 2. The monoisotopic (exact) mass is 466 g/mol. The van der Waals surface area contributed by atoms with Crippen molar-refractivity contribution in [1.29, 1.82) is 0 Å². The van der Waals surface area contributed by atoms with Crippen LogP contribution in [0.3, 0.4) is 0 Å². The van der Waals surface area contributed by atoms with E-state index in [1.807, 2.05) is 4.90 Å². The summed E-state index contributed by atoms with van der Waals surface area (Å²) in [5.41, 5.74) is 0.466. The number of fused-ring (bicyclic) bond motifs is 1. The zero-order valence-electron chi connectivity index (χ0n) is 18.6. The van der Waals surface area contributed by atoms with Gasteiger partial charge in [0.25, 0.3) is 5.91 Å². The quantitative estimate of drug-likeness (QED) is 0.577. The summed E-state index contributed by atoms with van der Waals surface area (Å²) in [5, 5.41) is 14.8. The minimum Gasteiger partial charge on any atom is -0.494 e. The number of carboxylic acids is 2. The first-order valence-corrected chi connectivity index (χ1v) is 10.8. The number of carbonyl (C=O) groups excluding carboxylic acids is 1. The Labute approximate surface area is 191 Å². The van der Waals surface area contributed by atoms with Gasteiger partial charge in [-0.15, -0.1) is 0 Å². The lowest BCUT2D eigenvalue weighted by Gasteiger charge is -2.29. The number of hydrogen-bond acceptors (Lipinski definition) is 8. The van der Waals surface area contributed by atoms with Gasteiger partial charge in [0.15, 0.2) is 0 Å². The molecule has 1 aromatic rings. The van der Waals surface area contributed by atoms with Gasteiger partial charge in [-0.1, -0.05) is 0 Å². The average Bonchev–Trinajstić information content (AvgIpc) is 3.37. The number of likely N-dealkylation sites (tertiary alicyclic amines) is 1. The first-order chi connectivity index (χ1) is 15.9. The number of pyridine rings is 1. The maximum atomic E-state index is 13.0. The lowest BCUT2D eigenvalue weighted by atomic mass is 9.82. The Hall–Kier alpha value is -2.76. The van der Waals surface area contributed by atoms with Crippen LogP contribution >= 0.6 is 0 Å². The van der Waals surface area contributed by atoms with Gasteiger partial charge in [0.05, 0.1) is 38.7 Å². The summed E-state index contributed by atoms with van der Waals surface area (Å²) in [6.07, 6.45) is 5.35. The third-order valence-corrected chi connectivity index (χ3v) is 6.31. The average molecular weight is 466 g/mol. The Morgan fingerprint density at radius 3 is 2.61 bits per heavy atom.